The Kier molecular flexibility index (Phi) is 6.05. The van der Waals surface area contributed by atoms with Gasteiger partial charge in [-0.3, -0.25) is 0 Å². The van der Waals surface area contributed by atoms with Crippen molar-refractivity contribution in [2.75, 3.05) is 14.2 Å². The third kappa shape index (κ3) is 3.90. The zero-order chi connectivity index (χ0) is 19.0. The van der Waals surface area contributed by atoms with Crippen LogP contribution in [-0.4, -0.2) is 26.2 Å². The molecule has 0 fully saturated rings. The van der Waals surface area contributed by atoms with E-state index in [2.05, 4.69) is 0 Å². The normalized spacial score (nSPS) is 21.3. The Morgan fingerprint density at radius 1 is 0.704 bits per heavy atom. The fourth-order valence-corrected chi connectivity index (χ4v) is 11.2. The summed E-state index contributed by atoms with van der Waals surface area (Å²) in [6.45, 7) is 0. The summed E-state index contributed by atoms with van der Waals surface area (Å²) in [5, 5.41) is 0. The Hall–Kier alpha value is -0.720. The number of hydrogen-bond acceptors (Lipinski definition) is 11. The molecule has 0 bridgehead atoms. The summed E-state index contributed by atoms with van der Waals surface area (Å²) in [5.41, 5.74) is 1.13. The number of carbonyl (C=O) groups is 2. The van der Waals surface area contributed by atoms with Gasteiger partial charge in [0, 0.05) is 5.57 Å². The van der Waals surface area contributed by atoms with Crippen molar-refractivity contribution in [1.82, 2.24) is 0 Å². The summed E-state index contributed by atoms with van der Waals surface area (Å²) in [7, 11) is 2.61. The number of methoxy groups -OCH3 is 2. The van der Waals surface area contributed by atoms with Gasteiger partial charge in [0.15, 0.2) is 0 Å². The molecule has 0 amide bonds. The number of allylic oxidation sites excluding steroid dienone is 3. The highest BCUT2D eigenvalue weighted by atomic mass is 32.3. The van der Waals surface area contributed by atoms with Gasteiger partial charge in [0.05, 0.1) is 47.9 Å². The number of ether oxygens (including phenoxy) is 3. The molecular weight excluding hydrogens is 465 g/mol. The molecule has 0 radical (unpaired) electrons. The van der Waals surface area contributed by atoms with E-state index in [-0.39, 0.29) is 9.81 Å². The average molecular weight is 475 g/mol. The molecule has 4 aliphatic heterocycles. The lowest BCUT2D eigenvalue weighted by molar-refractivity contribution is -0.138. The molecule has 0 unspecified atom stereocenters. The summed E-state index contributed by atoms with van der Waals surface area (Å²) in [4.78, 5) is 24.6. The van der Waals surface area contributed by atoms with Crippen molar-refractivity contribution in [3.05, 3.63) is 61.2 Å². The zero-order valence-corrected chi connectivity index (χ0v) is 18.7. The molecule has 0 aliphatic carbocycles. The molecule has 4 heterocycles. The lowest BCUT2D eigenvalue weighted by Crippen LogP contribution is -2.08. The second-order valence-corrected chi connectivity index (χ2v) is 12.3. The van der Waals surface area contributed by atoms with Crippen LogP contribution < -0.4 is 0 Å². The Balaban J connectivity index is 1.51. The van der Waals surface area contributed by atoms with Crippen LogP contribution in [0.1, 0.15) is 0 Å². The molecule has 5 nitrogen and oxygen atoms in total. The summed E-state index contributed by atoms with van der Waals surface area (Å²) >= 11 is 9.33. The number of carbonyl (C=O) groups excluding carboxylic acids is 2. The first-order chi connectivity index (χ1) is 13.1. The van der Waals surface area contributed by atoms with Gasteiger partial charge in [-0.15, -0.1) is 0 Å². The highest BCUT2D eigenvalue weighted by Gasteiger charge is 2.38. The van der Waals surface area contributed by atoms with Gasteiger partial charge >= 0.3 is 11.9 Å². The molecule has 0 atom stereocenters. The van der Waals surface area contributed by atoms with Gasteiger partial charge in [0.25, 0.3) is 0 Å². The smallest absolute Gasteiger partial charge is 0.346 e. The first-order valence-electron chi connectivity index (χ1n) is 7.30. The Labute approximate surface area is 180 Å². The summed E-state index contributed by atoms with van der Waals surface area (Å²) in [5.74, 6) is -1.04. The predicted molar refractivity (Wildman–Crippen MR) is 117 cm³/mol. The van der Waals surface area contributed by atoms with Crippen LogP contribution in [0.15, 0.2) is 61.2 Å². The predicted octanol–water partition coefficient (Wildman–Crippen LogP) is 5.51. The molecule has 0 saturated heterocycles. The monoisotopic (exact) mass is 474 g/mol. The van der Waals surface area contributed by atoms with Gasteiger partial charge in [-0.25, -0.2) is 9.59 Å². The van der Waals surface area contributed by atoms with Crippen LogP contribution in [0.3, 0.4) is 0 Å². The molecule has 0 aromatic rings. The maximum Gasteiger partial charge on any atom is 0.346 e. The van der Waals surface area contributed by atoms with Crippen molar-refractivity contribution in [3.63, 3.8) is 0 Å². The molecule has 4 rings (SSSR count). The van der Waals surface area contributed by atoms with Crippen molar-refractivity contribution >= 4 is 82.5 Å². The Morgan fingerprint density at radius 2 is 1.11 bits per heavy atom. The van der Waals surface area contributed by atoms with Crippen molar-refractivity contribution < 1.29 is 23.8 Å². The minimum Gasteiger partial charge on any atom is -0.473 e. The second kappa shape index (κ2) is 8.34. The van der Waals surface area contributed by atoms with Gasteiger partial charge in [0.1, 0.15) is 9.81 Å². The van der Waals surface area contributed by atoms with Crippen molar-refractivity contribution in [3.8, 4) is 0 Å². The topological polar surface area (TPSA) is 61.8 Å². The van der Waals surface area contributed by atoms with Gasteiger partial charge in [-0.05, 0) is 12.2 Å². The van der Waals surface area contributed by atoms with Crippen molar-refractivity contribution in [2.45, 2.75) is 0 Å². The summed E-state index contributed by atoms with van der Waals surface area (Å²) < 4.78 is 20.3. The van der Waals surface area contributed by atoms with Gasteiger partial charge in [-0.1, -0.05) is 70.6 Å². The standard InChI is InChI=1S/C16H10O5S6/c1-19-10(17)8-9(11(18)20-2)23-13(22-8)14-26-15-16(27-14)25-12(24-15)7-3-5-21-6-4-7/h3-6H,1-2H3. The molecule has 11 heteroatoms. The fourth-order valence-electron chi connectivity index (χ4n) is 2.09. The van der Waals surface area contributed by atoms with Crippen LogP contribution in [0, 0.1) is 0 Å². The lowest BCUT2D eigenvalue weighted by atomic mass is 10.3. The molecule has 0 spiro atoms. The van der Waals surface area contributed by atoms with E-state index < -0.39 is 11.9 Å². The van der Waals surface area contributed by atoms with E-state index in [0.29, 0.717) is 0 Å². The average Bonchev–Trinajstić information content (AvgIpc) is 3.39. The van der Waals surface area contributed by atoms with Crippen LogP contribution in [0.25, 0.3) is 0 Å². The molecular formula is C16H10O5S6. The van der Waals surface area contributed by atoms with E-state index in [4.69, 9.17) is 14.2 Å². The van der Waals surface area contributed by atoms with E-state index in [1.54, 1.807) is 59.6 Å². The van der Waals surface area contributed by atoms with E-state index in [1.807, 2.05) is 12.2 Å². The minimum atomic E-state index is -0.522. The molecule has 0 aromatic carbocycles. The van der Waals surface area contributed by atoms with Crippen LogP contribution in [-0.2, 0) is 23.8 Å². The maximum absolute atomic E-state index is 12.0. The van der Waals surface area contributed by atoms with E-state index in [1.165, 1.54) is 50.5 Å². The third-order valence-corrected chi connectivity index (χ3v) is 12.1. The summed E-state index contributed by atoms with van der Waals surface area (Å²) in [6.07, 6.45) is 7.23. The van der Waals surface area contributed by atoms with Crippen LogP contribution in [0.2, 0.25) is 0 Å². The largest absolute Gasteiger partial charge is 0.473 e. The van der Waals surface area contributed by atoms with Gasteiger partial charge in [-0.2, -0.15) is 0 Å². The van der Waals surface area contributed by atoms with E-state index >= 15 is 0 Å². The molecule has 0 N–H and O–H groups in total. The second-order valence-electron chi connectivity index (χ2n) is 4.89. The van der Waals surface area contributed by atoms with E-state index in [9.17, 15) is 9.59 Å². The highest BCUT2D eigenvalue weighted by molar-refractivity contribution is 8.49. The van der Waals surface area contributed by atoms with Gasteiger partial charge in [0.2, 0.25) is 0 Å². The van der Waals surface area contributed by atoms with E-state index in [0.717, 1.165) is 14.0 Å². The zero-order valence-electron chi connectivity index (χ0n) is 13.8. The quantitative estimate of drug-likeness (QED) is 0.476. The number of rotatable bonds is 2. The molecule has 140 valence electrons. The lowest BCUT2D eigenvalue weighted by Gasteiger charge is -2.08. The number of hydrogen-bond donors (Lipinski definition) is 0. The van der Waals surface area contributed by atoms with Crippen molar-refractivity contribution in [1.29, 1.82) is 0 Å². The molecule has 4 aliphatic rings. The molecule has 0 aromatic heterocycles. The maximum atomic E-state index is 12.0. The minimum absolute atomic E-state index is 0.283. The fraction of sp³-hybridized carbons (Fsp3) is 0.125. The third-order valence-electron chi connectivity index (χ3n) is 3.30. The van der Waals surface area contributed by atoms with Crippen molar-refractivity contribution in [2.24, 2.45) is 0 Å². The SMILES string of the molecule is COC(=O)C1=C(C(=O)OC)SC(=C2SC3=C(SC(=C4C=COC=C4)S3)S2)S1. The van der Waals surface area contributed by atoms with Gasteiger partial charge < -0.3 is 14.2 Å². The van der Waals surface area contributed by atoms with Crippen LogP contribution >= 0.6 is 70.6 Å². The highest BCUT2D eigenvalue weighted by Crippen LogP contribution is 2.70. The molecule has 0 saturated carbocycles. The Bertz CT molecular complexity index is 858. The first-order valence-corrected chi connectivity index (χ1v) is 12.2. The Morgan fingerprint density at radius 3 is 1.56 bits per heavy atom. The number of esters is 2. The van der Waals surface area contributed by atoms with Crippen LogP contribution in [0.4, 0.5) is 0 Å². The van der Waals surface area contributed by atoms with Crippen LogP contribution in [0.5, 0.6) is 0 Å². The molecule has 27 heavy (non-hydrogen) atoms. The first kappa shape index (κ1) is 19.6. The summed E-state index contributed by atoms with van der Waals surface area (Å²) in [6, 6.07) is 0. The number of thioether (sulfide) groups is 6.